The van der Waals surface area contributed by atoms with E-state index < -0.39 is 10.0 Å². The molecule has 0 aromatic heterocycles. The van der Waals surface area contributed by atoms with E-state index >= 15 is 0 Å². The second-order valence-electron chi connectivity index (χ2n) is 5.74. The lowest BCUT2D eigenvalue weighted by atomic mass is 10.2. The number of rotatable bonds is 5. The summed E-state index contributed by atoms with van der Waals surface area (Å²) in [4.78, 5) is 12.3. The molecule has 0 aliphatic carbocycles. The Balaban J connectivity index is 1.59. The molecule has 2 saturated heterocycles. The number of sulfonamides is 1. The van der Waals surface area contributed by atoms with E-state index in [1.807, 2.05) is 0 Å². The highest BCUT2D eigenvalue weighted by molar-refractivity contribution is 7.99. The van der Waals surface area contributed by atoms with Crippen LogP contribution in [0.5, 0.6) is 0 Å². The summed E-state index contributed by atoms with van der Waals surface area (Å²) in [5.41, 5.74) is 0.893. The van der Waals surface area contributed by atoms with E-state index in [1.165, 1.54) is 4.31 Å². The van der Waals surface area contributed by atoms with Crippen molar-refractivity contribution in [3.05, 3.63) is 29.8 Å². The summed E-state index contributed by atoms with van der Waals surface area (Å²) >= 11 is 1.71. The van der Waals surface area contributed by atoms with Crippen LogP contribution < -0.4 is 10.6 Å². The minimum atomic E-state index is -3.37. The molecule has 1 atom stereocenters. The van der Waals surface area contributed by atoms with Gasteiger partial charge in [-0.25, -0.2) is 8.42 Å². The van der Waals surface area contributed by atoms with Gasteiger partial charge < -0.3 is 5.32 Å². The molecule has 1 aromatic rings. The molecule has 0 bridgehead atoms. The van der Waals surface area contributed by atoms with Crippen LogP contribution in [0.3, 0.4) is 0 Å². The Morgan fingerprint density at radius 3 is 2.57 bits per heavy atom. The number of carbonyl (C=O) groups is 1. The van der Waals surface area contributed by atoms with Crippen molar-refractivity contribution in [2.24, 2.45) is 0 Å². The Kier molecular flexibility index (Phi) is 5.25. The number of thioether (sulfide) groups is 1. The first-order valence-electron chi connectivity index (χ1n) is 7.75. The molecule has 0 radical (unpaired) electrons. The molecule has 2 aliphatic rings. The lowest BCUT2D eigenvalue weighted by Crippen LogP contribution is -2.41. The quantitative estimate of drug-likeness (QED) is 0.815. The third-order valence-corrected chi connectivity index (χ3v) is 6.98. The highest BCUT2D eigenvalue weighted by Gasteiger charge is 2.27. The average Bonchev–Trinajstić information content (AvgIpc) is 3.25. The van der Waals surface area contributed by atoms with Gasteiger partial charge in [0.05, 0.1) is 10.9 Å². The number of hydrogen-bond donors (Lipinski definition) is 2. The van der Waals surface area contributed by atoms with Crippen molar-refractivity contribution in [2.75, 3.05) is 24.7 Å². The summed E-state index contributed by atoms with van der Waals surface area (Å²) in [6.07, 6.45) is 1.85. The second-order valence-corrected chi connectivity index (χ2v) is 8.71. The van der Waals surface area contributed by atoms with Crippen LogP contribution >= 0.6 is 11.8 Å². The summed E-state index contributed by atoms with van der Waals surface area (Å²) in [6.45, 7) is 1.62. The van der Waals surface area contributed by atoms with Gasteiger partial charge in [0.2, 0.25) is 15.9 Å². The van der Waals surface area contributed by atoms with Gasteiger partial charge in [-0.2, -0.15) is 4.31 Å². The summed E-state index contributed by atoms with van der Waals surface area (Å²) in [5, 5.41) is 6.00. The number of nitrogens with one attached hydrogen (secondary N) is 2. The molecule has 1 aromatic carbocycles. The second kappa shape index (κ2) is 7.21. The molecule has 126 valence electrons. The molecule has 2 fully saturated rings. The third-order valence-electron chi connectivity index (χ3n) is 4.13. The predicted molar refractivity (Wildman–Crippen MR) is 90.5 cm³/mol. The molecule has 1 amide bonds. The first-order valence-corrected chi connectivity index (χ1v) is 10.3. The summed E-state index contributed by atoms with van der Waals surface area (Å²) in [7, 11) is -3.37. The number of hydrogen-bond acceptors (Lipinski definition) is 5. The standard InChI is InChI=1S/C15H21N3O3S2/c19-15(14-10-22-11-17-14)16-9-12-3-5-13(6-4-12)23(20,21)18-7-1-2-8-18/h3-6,14,17H,1-2,7-11H2,(H,16,19). The highest BCUT2D eigenvalue weighted by Crippen LogP contribution is 2.21. The Hall–Kier alpha value is -1.09. The minimum absolute atomic E-state index is 0.0104. The van der Waals surface area contributed by atoms with Crippen LogP contribution in [-0.4, -0.2) is 49.4 Å². The SMILES string of the molecule is O=C(NCc1ccc(S(=O)(=O)N2CCCC2)cc1)C1CSCN1. The van der Waals surface area contributed by atoms with Crippen LogP contribution in [0, 0.1) is 0 Å². The highest BCUT2D eigenvalue weighted by atomic mass is 32.2. The van der Waals surface area contributed by atoms with Gasteiger partial charge in [0.15, 0.2) is 0 Å². The van der Waals surface area contributed by atoms with E-state index in [1.54, 1.807) is 36.0 Å². The Labute approximate surface area is 141 Å². The maximum Gasteiger partial charge on any atom is 0.243 e. The van der Waals surface area contributed by atoms with Gasteiger partial charge in [0.1, 0.15) is 0 Å². The smallest absolute Gasteiger partial charge is 0.243 e. The van der Waals surface area contributed by atoms with Gasteiger partial charge in [0.25, 0.3) is 0 Å². The van der Waals surface area contributed by atoms with Crippen molar-refractivity contribution in [3.63, 3.8) is 0 Å². The summed E-state index contributed by atoms with van der Waals surface area (Å²) in [5.74, 6) is 1.59. The van der Waals surface area contributed by atoms with E-state index in [0.29, 0.717) is 24.5 Å². The molecule has 2 heterocycles. The Morgan fingerprint density at radius 1 is 1.26 bits per heavy atom. The van der Waals surface area contributed by atoms with Crippen molar-refractivity contribution < 1.29 is 13.2 Å². The van der Waals surface area contributed by atoms with Gasteiger partial charge >= 0.3 is 0 Å². The fourth-order valence-electron chi connectivity index (χ4n) is 2.73. The van der Waals surface area contributed by atoms with E-state index in [-0.39, 0.29) is 11.9 Å². The largest absolute Gasteiger partial charge is 0.351 e. The molecule has 23 heavy (non-hydrogen) atoms. The topological polar surface area (TPSA) is 78.5 Å². The molecule has 3 rings (SSSR count). The van der Waals surface area contributed by atoms with Crippen molar-refractivity contribution in [3.8, 4) is 0 Å². The van der Waals surface area contributed by atoms with Gasteiger partial charge in [0, 0.05) is 31.3 Å². The van der Waals surface area contributed by atoms with Gasteiger partial charge in [-0.3, -0.25) is 10.1 Å². The minimum Gasteiger partial charge on any atom is -0.351 e. The van der Waals surface area contributed by atoms with Crippen LogP contribution in [0.25, 0.3) is 0 Å². The molecule has 0 spiro atoms. The summed E-state index contributed by atoms with van der Waals surface area (Å²) in [6, 6.07) is 6.65. The van der Waals surface area contributed by atoms with Gasteiger partial charge in [-0.1, -0.05) is 12.1 Å². The molecule has 6 nitrogen and oxygen atoms in total. The van der Waals surface area contributed by atoms with Crippen LogP contribution in [0.15, 0.2) is 29.2 Å². The zero-order valence-electron chi connectivity index (χ0n) is 12.8. The molecule has 2 aliphatic heterocycles. The van der Waals surface area contributed by atoms with E-state index in [0.717, 1.165) is 30.0 Å². The molecule has 8 heteroatoms. The maximum absolute atomic E-state index is 12.4. The maximum atomic E-state index is 12.4. The van der Waals surface area contributed by atoms with Crippen molar-refractivity contribution >= 4 is 27.7 Å². The fourth-order valence-corrected chi connectivity index (χ4v) is 5.19. The first kappa shape index (κ1) is 16.8. The van der Waals surface area contributed by atoms with Crippen molar-refractivity contribution in [1.29, 1.82) is 0 Å². The predicted octanol–water partition coefficient (Wildman–Crippen LogP) is 0.750. The number of amides is 1. The summed E-state index contributed by atoms with van der Waals surface area (Å²) < 4.78 is 26.4. The fraction of sp³-hybridized carbons (Fsp3) is 0.533. The van der Waals surface area contributed by atoms with E-state index in [2.05, 4.69) is 10.6 Å². The van der Waals surface area contributed by atoms with Crippen molar-refractivity contribution in [1.82, 2.24) is 14.9 Å². The molecular formula is C15H21N3O3S2. The average molecular weight is 355 g/mol. The van der Waals surface area contributed by atoms with Gasteiger partial charge in [-0.05, 0) is 30.5 Å². The lowest BCUT2D eigenvalue weighted by Gasteiger charge is -2.16. The van der Waals surface area contributed by atoms with E-state index in [9.17, 15) is 13.2 Å². The van der Waals surface area contributed by atoms with Crippen LogP contribution in [0.1, 0.15) is 18.4 Å². The van der Waals surface area contributed by atoms with Crippen molar-refractivity contribution in [2.45, 2.75) is 30.3 Å². The van der Waals surface area contributed by atoms with E-state index in [4.69, 9.17) is 0 Å². The lowest BCUT2D eigenvalue weighted by molar-refractivity contribution is -0.122. The third kappa shape index (κ3) is 3.88. The van der Waals surface area contributed by atoms with Crippen LogP contribution in [-0.2, 0) is 21.4 Å². The molecular weight excluding hydrogens is 334 g/mol. The zero-order valence-corrected chi connectivity index (χ0v) is 14.5. The molecule has 1 unspecified atom stereocenters. The Morgan fingerprint density at radius 2 is 1.96 bits per heavy atom. The zero-order chi connectivity index (χ0) is 16.3. The van der Waals surface area contributed by atoms with Crippen LogP contribution in [0.2, 0.25) is 0 Å². The molecule has 0 saturated carbocycles. The monoisotopic (exact) mass is 355 g/mol. The first-order chi connectivity index (χ1) is 11.1. The molecule has 2 N–H and O–H groups in total. The van der Waals surface area contributed by atoms with Gasteiger partial charge in [-0.15, -0.1) is 11.8 Å². The Bertz CT molecular complexity index is 649. The number of carbonyl (C=O) groups excluding carboxylic acids is 1. The number of benzene rings is 1. The number of nitrogens with zero attached hydrogens (tertiary/aromatic N) is 1. The van der Waals surface area contributed by atoms with Crippen LogP contribution in [0.4, 0.5) is 0 Å². The normalized spacial score (nSPS) is 22.3.